The molecule has 0 aliphatic carbocycles. The number of nitrogens with zero attached hydrogens (tertiary/aromatic N) is 2. The molecule has 1 aromatic heterocycles. The van der Waals surface area contributed by atoms with Crippen LogP contribution in [0.5, 0.6) is 0 Å². The molecule has 0 spiro atoms. The number of alkyl halides is 3. The van der Waals surface area contributed by atoms with Gasteiger partial charge in [-0.1, -0.05) is 91.0 Å². The van der Waals surface area contributed by atoms with Crippen molar-refractivity contribution in [2.75, 3.05) is 7.11 Å². The van der Waals surface area contributed by atoms with E-state index in [9.17, 15) is 22.8 Å². The third kappa shape index (κ3) is 6.13. The molecule has 0 aliphatic rings. The average Bonchev–Trinajstić information content (AvgIpc) is 2.99. The predicted octanol–water partition coefficient (Wildman–Crippen LogP) is 5.52. The van der Waals surface area contributed by atoms with Gasteiger partial charge in [-0.3, -0.25) is 4.79 Å². The van der Waals surface area contributed by atoms with E-state index in [1.165, 1.54) is 22.9 Å². The first kappa shape index (κ1) is 28.0. The summed E-state index contributed by atoms with van der Waals surface area (Å²) < 4.78 is 47.1. The highest BCUT2D eigenvalue weighted by Crippen LogP contribution is 2.36. The number of halogens is 3. The van der Waals surface area contributed by atoms with Crippen LogP contribution in [-0.2, 0) is 17.5 Å². The van der Waals surface area contributed by atoms with Crippen LogP contribution in [0.3, 0.4) is 0 Å². The Kier molecular flexibility index (Phi) is 8.13. The fraction of sp³-hybridized carbons (Fsp3) is 0.0938. The van der Waals surface area contributed by atoms with Crippen LogP contribution in [0.15, 0.2) is 120 Å². The van der Waals surface area contributed by atoms with Gasteiger partial charge < -0.3 is 4.74 Å². The lowest BCUT2D eigenvalue weighted by atomic mass is 10.0. The number of benzene rings is 4. The minimum absolute atomic E-state index is 0.114. The van der Waals surface area contributed by atoms with Crippen LogP contribution in [0.4, 0.5) is 13.2 Å². The Bertz CT molecular complexity index is 1700. The standard InChI is InChI=1S/C32H24F3N2O3P/c1-40-31(39)26-17-16-22(20-27(26)32(33,34)35)28-18-19-30(38)37(36-28)21-23-10-8-9-15-29(23)41(24-11-4-2-5-12-24)25-13-6-3-7-14-25/h2-20H,21H2,1H3. The molecule has 5 rings (SSSR count). The van der Waals surface area contributed by atoms with E-state index < -0.39 is 36.8 Å². The van der Waals surface area contributed by atoms with Gasteiger partial charge in [0.25, 0.3) is 5.56 Å². The fourth-order valence-corrected chi connectivity index (χ4v) is 7.01. The van der Waals surface area contributed by atoms with E-state index in [2.05, 4.69) is 34.1 Å². The minimum Gasteiger partial charge on any atom is -0.465 e. The molecule has 206 valence electrons. The molecule has 4 aromatic carbocycles. The third-order valence-electron chi connectivity index (χ3n) is 6.47. The van der Waals surface area contributed by atoms with Gasteiger partial charge in [-0.25, -0.2) is 9.48 Å². The predicted molar refractivity (Wildman–Crippen MR) is 155 cm³/mol. The minimum atomic E-state index is -4.79. The van der Waals surface area contributed by atoms with Gasteiger partial charge in [0.05, 0.1) is 30.5 Å². The van der Waals surface area contributed by atoms with Gasteiger partial charge in [-0.15, -0.1) is 0 Å². The lowest BCUT2D eigenvalue weighted by molar-refractivity contribution is -0.138. The van der Waals surface area contributed by atoms with Gasteiger partial charge in [0.15, 0.2) is 0 Å². The molecule has 9 heteroatoms. The van der Waals surface area contributed by atoms with Crippen molar-refractivity contribution >= 4 is 29.8 Å². The Hall–Kier alpha value is -4.55. The van der Waals surface area contributed by atoms with E-state index in [0.29, 0.717) is 0 Å². The maximum atomic E-state index is 13.8. The zero-order chi connectivity index (χ0) is 29.0. The van der Waals surface area contributed by atoms with Crippen molar-refractivity contribution in [3.8, 4) is 11.3 Å². The van der Waals surface area contributed by atoms with Crippen molar-refractivity contribution in [2.24, 2.45) is 0 Å². The highest BCUT2D eigenvalue weighted by atomic mass is 31.1. The molecule has 5 aromatic rings. The quantitative estimate of drug-likeness (QED) is 0.190. The molecule has 1 heterocycles. The highest BCUT2D eigenvalue weighted by Gasteiger charge is 2.36. The fourth-order valence-electron chi connectivity index (χ4n) is 4.55. The summed E-state index contributed by atoms with van der Waals surface area (Å²) in [7, 11) is 0.0558. The van der Waals surface area contributed by atoms with Crippen molar-refractivity contribution < 1.29 is 22.7 Å². The van der Waals surface area contributed by atoms with Crippen LogP contribution in [0.25, 0.3) is 11.3 Å². The summed E-state index contributed by atoms with van der Waals surface area (Å²) in [5, 5.41) is 7.75. The van der Waals surface area contributed by atoms with Gasteiger partial charge in [0.2, 0.25) is 0 Å². The number of rotatable bonds is 7. The lowest BCUT2D eigenvalue weighted by Crippen LogP contribution is -2.28. The zero-order valence-electron chi connectivity index (χ0n) is 21.9. The van der Waals surface area contributed by atoms with Crippen LogP contribution < -0.4 is 21.5 Å². The number of aromatic nitrogens is 2. The summed E-state index contributed by atoms with van der Waals surface area (Å²) in [5.41, 5.74) is -0.978. The van der Waals surface area contributed by atoms with Crippen LogP contribution in [-0.4, -0.2) is 22.9 Å². The van der Waals surface area contributed by atoms with Crippen molar-refractivity contribution in [3.05, 3.63) is 142 Å². The number of ether oxygens (including phenoxy) is 1. The Labute approximate surface area is 235 Å². The van der Waals surface area contributed by atoms with Crippen molar-refractivity contribution in [1.29, 1.82) is 0 Å². The maximum Gasteiger partial charge on any atom is 0.417 e. The Morgan fingerprint density at radius 1 is 0.829 bits per heavy atom. The first-order valence-corrected chi connectivity index (χ1v) is 14.0. The van der Waals surface area contributed by atoms with Crippen molar-refractivity contribution in [1.82, 2.24) is 9.78 Å². The van der Waals surface area contributed by atoms with Crippen LogP contribution in [0.2, 0.25) is 0 Å². The SMILES string of the molecule is COC(=O)c1ccc(-c2ccc(=O)n(Cc3ccccc3P(c3ccccc3)c3ccccc3)n2)cc1C(F)(F)F. The van der Waals surface area contributed by atoms with Crippen LogP contribution in [0.1, 0.15) is 21.5 Å². The number of hydrogen-bond acceptors (Lipinski definition) is 4. The smallest absolute Gasteiger partial charge is 0.417 e. The van der Waals surface area contributed by atoms with E-state index in [4.69, 9.17) is 0 Å². The van der Waals surface area contributed by atoms with Crippen LogP contribution in [0, 0.1) is 0 Å². The number of esters is 1. The van der Waals surface area contributed by atoms with Crippen molar-refractivity contribution in [2.45, 2.75) is 12.7 Å². The van der Waals surface area contributed by atoms with E-state index >= 15 is 0 Å². The molecule has 41 heavy (non-hydrogen) atoms. The van der Waals surface area contributed by atoms with Gasteiger partial charge >= 0.3 is 12.1 Å². The van der Waals surface area contributed by atoms with E-state index in [1.54, 1.807) is 0 Å². The first-order valence-electron chi connectivity index (χ1n) is 12.6. The maximum absolute atomic E-state index is 13.8. The molecule has 0 radical (unpaired) electrons. The average molecular weight is 573 g/mol. The molecular formula is C32H24F3N2O3P. The number of hydrogen-bond donors (Lipinski definition) is 0. The number of carbonyl (C=O) groups is 1. The van der Waals surface area contributed by atoms with E-state index in [0.717, 1.165) is 40.7 Å². The summed E-state index contributed by atoms with van der Waals surface area (Å²) >= 11 is 0. The molecule has 0 N–H and O–H groups in total. The second kappa shape index (κ2) is 11.9. The Balaban J connectivity index is 1.57. The Morgan fingerprint density at radius 3 is 2.05 bits per heavy atom. The summed E-state index contributed by atoms with van der Waals surface area (Å²) in [5.74, 6) is -1.09. The molecule has 0 saturated carbocycles. The molecule has 5 nitrogen and oxygen atoms in total. The lowest BCUT2D eigenvalue weighted by Gasteiger charge is -2.22. The first-order chi connectivity index (χ1) is 19.8. The molecule has 0 unspecified atom stereocenters. The normalized spacial score (nSPS) is 11.4. The number of carbonyl (C=O) groups excluding carboxylic acids is 1. The largest absolute Gasteiger partial charge is 0.465 e. The van der Waals surface area contributed by atoms with Gasteiger partial charge in [-0.05, 0) is 47.6 Å². The molecule has 0 saturated heterocycles. The highest BCUT2D eigenvalue weighted by molar-refractivity contribution is 7.79. The monoisotopic (exact) mass is 572 g/mol. The molecule has 0 fully saturated rings. The molecule has 0 atom stereocenters. The summed E-state index contributed by atoms with van der Waals surface area (Å²) in [6.45, 7) is 0.119. The molecule has 0 amide bonds. The Morgan fingerprint density at radius 2 is 1.44 bits per heavy atom. The van der Waals surface area contributed by atoms with Gasteiger partial charge in [-0.2, -0.15) is 18.3 Å². The second-order valence-corrected chi connectivity index (χ2v) is 11.3. The van der Waals surface area contributed by atoms with E-state index in [1.807, 2.05) is 60.7 Å². The van der Waals surface area contributed by atoms with Gasteiger partial charge in [0.1, 0.15) is 0 Å². The van der Waals surface area contributed by atoms with Crippen molar-refractivity contribution in [3.63, 3.8) is 0 Å². The second-order valence-electron chi connectivity index (χ2n) is 9.10. The van der Waals surface area contributed by atoms with Crippen LogP contribution >= 0.6 is 7.92 Å². The molecule has 0 bridgehead atoms. The summed E-state index contributed by atoms with van der Waals surface area (Å²) in [6.07, 6.45) is -4.79. The molecule has 0 aliphatic heterocycles. The topological polar surface area (TPSA) is 61.2 Å². The zero-order valence-corrected chi connectivity index (χ0v) is 22.8. The van der Waals surface area contributed by atoms with Gasteiger partial charge in [0, 0.05) is 11.6 Å². The van der Waals surface area contributed by atoms with E-state index in [-0.39, 0.29) is 17.8 Å². The number of methoxy groups -OCH3 is 1. The third-order valence-corrected chi connectivity index (χ3v) is 9.02. The summed E-state index contributed by atoms with van der Waals surface area (Å²) in [6, 6.07) is 34.0. The summed E-state index contributed by atoms with van der Waals surface area (Å²) in [4.78, 5) is 24.8. The molecular weight excluding hydrogens is 548 g/mol.